The summed E-state index contributed by atoms with van der Waals surface area (Å²) in [6.07, 6.45) is -12.2. The van der Waals surface area contributed by atoms with Gasteiger partial charge >= 0.3 is 12.4 Å². The summed E-state index contributed by atoms with van der Waals surface area (Å²) in [5.74, 6) is -2.71. The molecular formula is C9H5F7O2. The molecule has 0 aliphatic carbocycles. The number of phenolic OH excluding ortho intramolecular Hbond substituents is 1. The highest BCUT2D eigenvalue weighted by Crippen LogP contribution is 2.50. The molecule has 0 aliphatic heterocycles. The quantitative estimate of drug-likeness (QED) is 0.775. The van der Waals surface area contributed by atoms with Crippen LogP contribution in [0.4, 0.5) is 30.7 Å². The number of rotatable bonds is 1. The molecule has 102 valence electrons. The SMILES string of the molecule is Oc1cc(F)cc(C(O)(C(F)(F)F)C(F)(F)F)c1. The Morgan fingerprint density at radius 1 is 0.833 bits per heavy atom. The smallest absolute Gasteiger partial charge is 0.430 e. The van der Waals surface area contributed by atoms with E-state index in [9.17, 15) is 30.7 Å². The molecule has 0 amide bonds. The van der Waals surface area contributed by atoms with Gasteiger partial charge < -0.3 is 10.2 Å². The summed E-state index contributed by atoms with van der Waals surface area (Å²) in [4.78, 5) is 0. The molecule has 2 nitrogen and oxygen atoms in total. The van der Waals surface area contributed by atoms with Crippen LogP contribution in [0.25, 0.3) is 0 Å². The Morgan fingerprint density at radius 2 is 1.28 bits per heavy atom. The Hall–Kier alpha value is -1.51. The zero-order valence-electron chi connectivity index (χ0n) is 8.27. The molecular weight excluding hydrogens is 273 g/mol. The van der Waals surface area contributed by atoms with Gasteiger partial charge in [0, 0.05) is 11.6 Å². The van der Waals surface area contributed by atoms with Crippen molar-refractivity contribution in [2.45, 2.75) is 18.0 Å². The van der Waals surface area contributed by atoms with E-state index in [0.29, 0.717) is 6.07 Å². The Balaban J connectivity index is 3.55. The number of phenols is 1. The second kappa shape index (κ2) is 4.01. The second-order valence-electron chi connectivity index (χ2n) is 3.40. The number of hydrogen-bond acceptors (Lipinski definition) is 2. The fourth-order valence-electron chi connectivity index (χ4n) is 1.27. The number of aliphatic hydroxyl groups is 1. The van der Waals surface area contributed by atoms with Crippen LogP contribution in [-0.2, 0) is 5.60 Å². The van der Waals surface area contributed by atoms with Crippen molar-refractivity contribution in [3.8, 4) is 5.75 Å². The molecule has 0 heterocycles. The van der Waals surface area contributed by atoms with Crippen LogP contribution in [0.5, 0.6) is 5.75 Å². The van der Waals surface area contributed by atoms with Gasteiger partial charge in [0.25, 0.3) is 5.60 Å². The van der Waals surface area contributed by atoms with Crippen molar-refractivity contribution < 1.29 is 40.9 Å². The highest BCUT2D eigenvalue weighted by atomic mass is 19.4. The van der Waals surface area contributed by atoms with Crippen molar-refractivity contribution in [3.63, 3.8) is 0 Å². The first-order valence-electron chi connectivity index (χ1n) is 4.25. The molecule has 9 heteroatoms. The minimum Gasteiger partial charge on any atom is -0.508 e. The average molecular weight is 278 g/mol. The first-order valence-corrected chi connectivity index (χ1v) is 4.25. The highest BCUT2D eigenvalue weighted by Gasteiger charge is 2.71. The van der Waals surface area contributed by atoms with Crippen LogP contribution < -0.4 is 0 Å². The maximum absolute atomic E-state index is 12.7. The molecule has 1 aromatic carbocycles. The Bertz CT molecular complexity index is 415. The third kappa shape index (κ3) is 2.22. The number of hydrogen-bond donors (Lipinski definition) is 2. The molecule has 0 bridgehead atoms. The van der Waals surface area contributed by atoms with Gasteiger partial charge in [-0.2, -0.15) is 26.3 Å². The number of benzene rings is 1. The summed E-state index contributed by atoms with van der Waals surface area (Å²) in [6.45, 7) is 0. The van der Waals surface area contributed by atoms with Crippen LogP contribution >= 0.6 is 0 Å². The maximum atomic E-state index is 12.7. The lowest BCUT2D eigenvalue weighted by Crippen LogP contribution is -2.53. The molecule has 18 heavy (non-hydrogen) atoms. The van der Waals surface area contributed by atoms with Gasteiger partial charge in [-0.05, 0) is 12.1 Å². The van der Waals surface area contributed by atoms with Gasteiger partial charge in [-0.1, -0.05) is 0 Å². The minimum absolute atomic E-state index is 0.00986. The monoisotopic (exact) mass is 278 g/mol. The van der Waals surface area contributed by atoms with Crippen molar-refractivity contribution in [1.82, 2.24) is 0 Å². The van der Waals surface area contributed by atoms with E-state index in [1.54, 1.807) is 0 Å². The number of alkyl halides is 6. The van der Waals surface area contributed by atoms with Gasteiger partial charge in [-0.25, -0.2) is 4.39 Å². The molecule has 0 saturated carbocycles. The predicted octanol–water partition coefficient (Wildman–Crippen LogP) is 2.84. The van der Waals surface area contributed by atoms with Gasteiger partial charge in [-0.15, -0.1) is 0 Å². The van der Waals surface area contributed by atoms with Gasteiger partial charge in [0.05, 0.1) is 0 Å². The second-order valence-corrected chi connectivity index (χ2v) is 3.40. The van der Waals surface area contributed by atoms with E-state index < -0.39 is 35.1 Å². The minimum atomic E-state index is -6.12. The first-order chi connectivity index (χ1) is 7.89. The van der Waals surface area contributed by atoms with Crippen molar-refractivity contribution in [1.29, 1.82) is 0 Å². The summed E-state index contributed by atoms with van der Waals surface area (Å²) < 4.78 is 87.0. The molecule has 1 aromatic rings. The molecule has 2 N–H and O–H groups in total. The lowest BCUT2D eigenvalue weighted by Gasteiger charge is -2.32. The molecule has 0 fully saturated rings. The molecule has 0 unspecified atom stereocenters. The van der Waals surface area contributed by atoms with E-state index in [-0.39, 0.29) is 12.1 Å². The van der Waals surface area contributed by atoms with Crippen molar-refractivity contribution in [2.24, 2.45) is 0 Å². The van der Waals surface area contributed by atoms with Gasteiger partial charge in [0.2, 0.25) is 0 Å². The highest BCUT2D eigenvalue weighted by molar-refractivity contribution is 5.34. The van der Waals surface area contributed by atoms with Crippen LogP contribution in [-0.4, -0.2) is 22.6 Å². The van der Waals surface area contributed by atoms with Crippen LogP contribution in [0, 0.1) is 5.82 Å². The van der Waals surface area contributed by atoms with Crippen LogP contribution in [0.2, 0.25) is 0 Å². The van der Waals surface area contributed by atoms with E-state index >= 15 is 0 Å². The maximum Gasteiger partial charge on any atom is 0.430 e. The largest absolute Gasteiger partial charge is 0.508 e. The Kier molecular flexibility index (Phi) is 3.24. The van der Waals surface area contributed by atoms with Crippen LogP contribution in [0.3, 0.4) is 0 Å². The van der Waals surface area contributed by atoms with Gasteiger partial charge in [0.15, 0.2) is 0 Å². The van der Waals surface area contributed by atoms with E-state index in [1.165, 1.54) is 0 Å². The topological polar surface area (TPSA) is 40.5 Å². The van der Waals surface area contributed by atoms with Crippen molar-refractivity contribution in [3.05, 3.63) is 29.6 Å². The van der Waals surface area contributed by atoms with Gasteiger partial charge in [-0.3, -0.25) is 0 Å². The molecule has 0 saturated heterocycles. The molecule has 0 spiro atoms. The van der Waals surface area contributed by atoms with Crippen molar-refractivity contribution in [2.75, 3.05) is 0 Å². The van der Waals surface area contributed by atoms with E-state index in [4.69, 9.17) is 10.2 Å². The van der Waals surface area contributed by atoms with E-state index in [0.717, 1.165) is 0 Å². The van der Waals surface area contributed by atoms with Crippen LogP contribution in [0.1, 0.15) is 5.56 Å². The van der Waals surface area contributed by atoms with Crippen LogP contribution in [0.15, 0.2) is 18.2 Å². The Labute approximate surface area is 95.3 Å². The zero-order chi connectivity index (χ0) is 14.4. The molecule has 0 aliphatic rings. The standard InChI is InChI=1S/C9H5F7O2/c10-5-1-4(2-6(17)3-5)7(18,8(11,12)13)9(14,15)16/h1-3,17-18H. The fourth-order valence-corrected chi connectivity index (χ4v) is 1.27. The Morgan fingerprint density at radius 3 is 1.61 bits per heavy atom. The average Bonchev–Trinajstić information content (AvgIpc) is 2.11. The lowest BCUT2D eigenvalue weighted by molar-refractivity contribution is -0.376. The summed E-state index contributed by atoms with van der Waals surface area (Å²) in [5, 5.41) is 17.7. The summed E-state index contributed by atoms with van der Waals surface area (Å²) in [5.41, 5.74) is -7.10. The van der Waals surface area contributed by atoms with E-state index in [1.807, 2.05) is 0 Å². The zero-order valence-corrected chi connectivity index (χ0v) is 8.27. The normalized spacial score (nSPS) is 13.8. The van der Waals surface area contributed by atoms with E-state index in [2.05, 4.69) is 0 Å². The first kappa shape index (κ1) is 14.6. The molecule has 0 aromatic heterocycles. The predicted molar refractivity (Wildman–Crippen MR) is 44.1 cm³/mol. The number of halogens is 7. The third-order valence-corrected chi connectivity index (χ3v) is 2.12. The summed E-state index contributed by atoms with van der Waals surface area (Å²) in [6, 6.07) is 0.140. The number of aromatic hydroxyl groups is 1. The lowest BCUT2D eigenvalue weighted by atomic mass is 9.92. The molecule has 1 rings (SSSR count). The molecule has 0 atom stereocenters. The third-order valence-electron chi connectivity index (χ3n) is 2.12. The summed E-state index contributed by atoms with van der Waals surface area (Å²) in [7, 11) is 0. The molecule has 0 radical (unpaired) electrons. The van der Waals surface area contributed by atoms with Crippen molar-refractivity contribution >= 4 is 0 Å². The fraction of sp³-hybridized carbons (Fsp3) is 0.333. The summed E-state index contributed by atoms with van der Waals surface area (Å²) >= 11 is 0. The van der Waals surface area contributed by atoms with Gasteiger partial charge in [0.1, 0.15) is 11.6 Å².